The molecule has 2 amide bonds. The van der Waals surface area contributed by atoms with E-state index >= 15 is 0 Å². The molecule has 0 aliphatic carbocycles. The van der Waals surface area contributed by atoms with Gasteiger partial charge in [0, 0.05) is 17.1 Å². The van der Waals surface area contributed by atoms with Crippen molar-refractivity contribution in [2.24, 2.45) is 0 Å². The van der Waals surface area contributed by atoms with Crippen molar-refractivity contribution in [2.45, 2.75) is 25.0 Å². The van der Waals surface area contributed by atoms with Crippen LogP contribution < -0.4 is 10.6 Å². The third-order valence-corrected chi connectivity index (χ3v) is 5.72. The molecule has 9 heteroatoms. The largest absolute Gasteiger partial charge is 0.364 e. The van der Waals surface area contributed by atoms with Crippen molar-refractivity contribution in [3.8, 4) is 0 Å². The zero-order valence-corrected chi connectivity index (χ0v) is 18.3. The Hall–Kier alpha value is -2.75. The normalized spacial score (nSPS) is 10.6. The number of aryl methyl sites for hydroxylation is 1. The Labute approximate surface area is 183 Å². The fourth-order valence-corrected chi connectivity index (χ4v) is 3.53. The highest BCUT2D eigenvalue weighted by molar-refractivity contribution is 7.98. The SMILES string of the molecule is CSc1ccc(CNC(=O)COCc2nnc(C(=O)Nc3ccc(C)cc3)s2)cc1. The summed E-state index contributed by atoms with van der Waals surface area (Å²) in [6.07, 6.45) is 2.02. The topological polar surface area (TPSA) is 93.2 Å². The fraction of sp³-hybridized carbons (Fsp3) is 0.238. The number of carbonyl (C=O) groups is 2. The molecule has 0 unspecified atom stereocenters. The second-order valence-electron chi connectivity index (χ2n) is 6.44. The Kier molecular flexibility index (Phi) is 7.95. The number of benzene rings is 2. The summed E-state index contributed by atoms with van der Waals surface area (Å²) in [7, 11) is 0. The van der Waals surface area contributed by atoms with Crippen LogP contribution in [0.25, 0.3) is 0 Å². The van der Waals surface area contributed by atoms with Crippen LogP contribution in [0.3, 0.4) is 0 Å². The third kappa shape index (κ3) is 6.65. The van der Waals surface area contributed by atoms with Crippen LogP contribution in [-0.4, -0.2) is 34.9 Å². The lowest BCUT2D eigenvalue weighted by Crippen LogP contribution is -2.27. The molecule has 0 atom stereocenters. The van der Waals surface area contributed by atoms with Crippen molar-refractivity contribution in [1.29, 1.82) is 0 Å². The van der Waals surface area contributed by atoms with Crippen LogP contribution in [0.5, 0.6) is 0 Å². The Balaban J connectivity index is 1.39. The minimum Gasteiger partial charge on any atom is -0.364 e. The molecule has 0 radical (unpaired) electrons. The van der Waals surface area contributed by atoms with Crippen molar-refractivity contribution in [2.75, 3.05) is 18.2 Å². The molecule has 2 aromatic carbocycles. The van der Waals surface area contributed by atoms with Gasteiger partial charge in [0.25, 0.3) is 5.91 Å². The number of thioether (sulfide) groups is 1. The van der Waals surface area contributed by atoms with Crippen molar-refractivity contribution in [3.05, 3.63) is 69.7 Å². The molecule has 0 aliphatic rings. The van der Waals surface area contributed by atoms with Gasteiger partial charge in [-0.3, -0.25) is 9.59 Å². The molecule has 0 aliphatic heterocycles. The van der Waals surface area contributed by atoms with E-state index in [0.29, 0.717) is 17.2 Å². The minimum absolute atomic E-state index is 0.0899. The number of amides is 2. The van der Waals surface area contributed by atoms with E-state index in [1.54, 1.807) is 11.8 Å². The first-order valence-corrected chi connectivity index (χ1v) is 11.3. The van der Waals surface area contributed by atoms with Gasteiger partial charge in [0.2, 0.25) is 10.9 Å². The number of nitrogens with zero attached hydrogens (tertiary/aromatic N) is 2. The molecule has 30 heavy (non-hydrogen) atoms. The number of nitrogens with one attached hydrogen (secondary N) is 2. The number of hydrogen-bond acceptors (Lipinski definition) is 7. The third-order valence-electron chi connectivity index (χ3n) is 4.08. The van der Waals surface area contributed by atoms with E-state index in [1.165, 1.54) is 4.90 Å². The quantitative estimate of drug-likeness (QED) is 0.492. The standard InChI is InChI=1S/C21H22N4O3S2/c1-14-3-7-16(8-4-14)23-20(27)21-25-24-19(30-21)13-28-12-18(26)22-11-15-5-9-17(29-2)10-6-15/h3-10H,11-13H2,1-2H3,(H,22,26)(H,23,27). The molecular formula is C21H22N4O3S2. The lowest BCUT2D eigenvalue weighted by atomic mass is 10.2. The number of carbonyl (C=O) groups excluding carboxylic acids is 2. The summed E-state index contributed by atoms with van der Waals surface area (Å²) in [4.78, 5) is 25.4. The number of anilines is 1. The average Bonchev–Trinajstić information content (AvgIpc) is 3.23. The summed E-state index contributed by atoms with van der Waals surface area (Å²) in [5.41, 5.74) is 2.83. The fourth-order valence-electron chi connectivity index (χ4n) is 2.45. The first-order valence-electron chi connectivity index (χ1n) is 9.21. The minimum atomic E-state index is -0.326. The van der Waals surface area contributed by atoms with E-state index in [9.17, 15) is 9.59 Å². The van der Waals surface area contributed by atoms with Crippen molar-refractivity contribution in [3.63, 3.8) is 0 Å². The van der Waals surface area contributed by atoms with E-state index in [2.05, 4.69) is 20.8 Å². The molecule has 0 spiro atoms. The van der Waals surface area contributed by atoms with Crippen LogP contribution in [-0.2, 0) is 22.7 Å². The van der Waals surface area contributed by atoms with E-state index < -0.39 is 0 Å². The predicted molar refractivity (Wildman–Crippen MR) is 119 cm³/mol. The summed E-state index contributed by atoms with van der Waals surface area (Å²) in [5, 5.41) is 14.2. The molecule has 0 fully saturated rings. The molecule has 0 bridgehead atoms. The highest BCUT2D eigenvalue weighted by Crippen LogP contribution is 2.16. The molecule has 7 nitrogen and oxygen atoms in total. The summed E-state index contributed by atoms with van der Waals surface area (Å²) in [6, 6.07) is 15.5. The average molecular weight is 443 g/mol. The van der Waals surface area contributed by atoms with E-state index in [1.807, 2.05) is 61.7 Å². The number of aromatic nitrogens is 2. The van der Waals surface area contributed by atoms with E-state index in [4.69, 9.17) is 4.74 Å². The lowest BCUT2D eigenvalue weighted by Gasteiger charge is -2.06. The molecule has 3 rings (SSSR count). The van der Waals surface area contributed by atoms with Crippen molar-refractivity contribution in [1.82, 2.24) is 15.5 Å². The van der Waals surface area contributed by atoms with Gasteiger partial charge in [0.1, 0.15) is 18.2 Å². The van der Waals surface area contributed by atoms with Gasteiger partial charge >= 0.3 is 0 Å². The highest BCUT2D eigenvalue weighted by Gasteiger charge is 2.13. The molecule has 1 heterocycles. The summed E-state index contributed by atoms with van der Waals surface area (Å²) in [6.45, 7) is 2.45. The Morgan fingerprint density at radius 3 is 2.50 bits per heavy atom. The number of hydrogen-bond donors (Lipinski definition) is 2. The van der Waals surface area contributed by atoms with Gasteiger partial charge in [-0.25, -0.2) is 0 Å². The first kappa shape index (κ1) is 21.9. The van der Waals surface area contributed by atoms with Gasteiger partial charge in [-0.2, -0.15) is 0 Å². The summed E-state index contributed by atoms with van der Waals surface area (Å²) in [5.74, 6) is -0.543. The summed E-state index contributed by atoms with van der Waals surface area (Å²) >= 11 is 2.81. The molecule has 156 valence electrons. The van der Waals surface area contributed by atoms with Crippen LogP contribution in [0.15, 0.2) is 53.4 Å². The van der Waals surface area contributed by atoms with Gasteiger partial charge < -0.3 is 15.4 Å². The van der Waals surface area contributed by atoms with Crippen molar-refractivity contribution >= 4 is 40.6 Å². The maximum absolute atomic E-state index is 12.2. The smallest absolute Gasteiger partial charge is 0.286 e. The zero-order valence-electron chi connectivity index (χ0n) is 16.7. The molecule has 0 saturated heterocycles. The van der Waals surface area contributed by atoms with Crippen molar-refractivity contribution < 1.29 is 14.3 Å². The Morgan fingerprint density at radius 1 is 1.07 bits per heavy atom. The van der Waals surface area contributed by atoms with Gasteiger partial charge in [-0.1, -0.05) is 41.2 Å². The number of rotatable bonds is 9. The van der Waals surface area contributed by atoms with E-state index in [0.717, 1.165) is 22.5 Å². The molecular weight excluding hydrogens is 420 g/mol. The Morgan fingerprint density at radius 2 is 1.80 bits per heavy atom. The maximum Gasteiger partial charge on any atom is 0.286 e. The summed E-state index contributed by atoms with van der Waals surface area (Å²) < 4.78 is 5.39. The molecule has 0 saturated carbocycles. The van der Waals surface area contributed by atoms with Crippen LogP contribution in [0.1, 0.15) is 25.9 Å². The van der Waals surface area contributed by atoms with Crippen LogP contribution in [0, 0.1) is 6.92 Å². The maximum atomic E-state index is 12.2. The Bertz CT molecular complexity index is 988. The van der Waals surface area contributed by atoms with E-state index in [-0.39, 0.29) is 30.0 Å². The number of ether oxygens (including phenoxy) is 1. The monoisotopic (exact) mass is 442 g/mol. The van der Waals surface area contributed by atoms with Gasteiger partial charge in [-0.05, 0) is 43.0 Å². The van der Waals surface area contributed by atoms with Crippen LogP contribution in [0.4, 0.5) is 5.69 Å². The lowest BCUT2D eigenvalue weighted by molar-refractivity contribution is -0.126. The second-order valence-corrected chi connectivity index (χ2v) is 8.38. The van der Waals surface area contributed by atoms with Crippen LogP contribution >= 0.6 is 23.1 Å². The van der Waals surface area contributed by atoms with Crippen LogP contribution in [0.2, 0.25) is 0 Å². The molecule has 1 aromatic heterocycles. The van der Waals surface area contributed by atoms with Gasteiger partial charge in [0.05, 0.1) is 0 Å². The molecule has 2 N–H and O–H groups in total. The van der Waals surface area contributed by atoms with Gasteiger partial charge in [-0.15, -0.1) is 22.0 Å². The zero-order chi connectivity index (χ0) is 21.3. The van der Waals surface area contributed by atoms with Gasteiger partial charge in [0.15, 0.2) is 0 Å². The second kappa shape index (κ2) is 10.9. The highest BCUT2D eigenvalue weighted by atomic mass is 32.2. The first-order chi connectivity index (χ1) is 14.5. The predicted octanol–water partition coefficient (Wildman–Crippen LogP) is 3.65. The molecule has 3 aromatic rings.